The fourth-order valence-electron chi connectivity index (χ4n) is 2.69. The molecule has 0 amide bonds. The zero-order valence-corrected chi connectivity index (χ0v) is 16.6. The fraction of sp³-hybridized carbons (Fsp3) is 0.300. The maximum absolute atomic E-state index is 13.0. The van der Waals surface area contributed by atoms with Crippen molar-refractivity contribution in [2.24, 2.45) is 0 Å². The van der Waals surface area contributed by atoms with E-state index in [1.165, 1.54) is 0 Å². The average Bonchev–Trinajstić information content (AvgIpc) is 3.06. The molecule has 2 aromatic carbocycles. The van der Waals surface area contributed by atoms with E-state index in [0.29, 0.717) is 5.89 Å². The van der Waals surface area contributed by atoms with Crippen LogP contribution in [0.25, 0.3) is 0 Å². The van der Waals surface area contributed by atoms with E-state index < -0.39 is 16.1 Å². The number of hydrogen-bond donors (Lipinski definition) is 1. The molecule has 1 atom stereocenters. The Bertz CT molecular complexity index is 1000. The van der Waals surface area contributed by atoms with Crippen LogP contribution in [0.4, 0.5) is 0 Å². The lowest BCUT2D eigenvalue weighted by atomic mass is 9.87. The third-order valence-electron chi connectivity index (χ3n) is 4.23. The Morgan fingerprint density at radius 2 is 1.59 bits per heavy atom. The van der Waals surface area contributed by atoms with Crippen molar-refractivity contribution < 1.29 is 12.8 Å². The van der Waals surface area contributed by atoms with Crippen molar-refractivity contribution in [1.29, 1.82) is 0 Å². The molecule has 1 aromatic heterocycles. The summed E-state index contributed by atoms with van der Waals surface area (Å²) in [4.78, 5) is 0.188. The molecular formula is C20H23N3O3S. The summed E-state index contributed by atoms with van der Waals surface area (Å²) < 4.78 is 34.1. The summed E-state index contributed by atoms with van der Waals surface area (Å²) in [5.41, 5.74) is 1.73. The van der Waals surface area contributed by atoms with Gasteiger partial charge in [0.05, 0.1) is 4.90 Å². The quantitative estimate of drug-likeness (QED) is 0.723. The summed E-state index contributed by atoms with van der Waals surface area (Å²) in [5.74, 6) is 0.577. The smallest absolute Gasteiger partial charge is 0.241 e. The zero-order chi connectivity index (χ0) is 19.7. The molecule has 0 saturated carbocycles. The summed E-state index contributed by atoms with van der Waals surface area (Å²) in [6.45, 7) is 7.91. The number of benzene rings is 2. The number of hydrogen-bond acceptors (Lipinski definition) is 5. The lowest BCUT2D eigenvalue weighted by Gasteiger charge is -2.20. The zero-order valence-electron chi connectivity index (χ0n) is 15.8. The van der Waals surface area contributed by atoms with Gasteiger partial charge >= 0.3 is 0 Å². The molecule has 1 unspecified atom stereocenters. The highest BCUT2D eigenvalue weighted by Gasteiger charge is 2.27. The second kappa shape index (κ2) is 7.25. The van der Waals surface area contributed by atoms with Gasteiger partial charge in [0.1, 0.15) is 6.04 Å². The van der Waals surface area contributed by atoms with E-state index in [9.17, 15) is 8.42 Å². The first-order chi connectivity index (χ1) is 12.7. The molecule has 1 heterocycles. The van der Waals surface area contributed by atoms with E-state index >= 15 is 0 Å². The molecule has 7 heteroatoms. The van der Waals surface area contributed by atoms with Gasteiger partial charge in [-0.1, -0.05) is 63.2 Å². The molecule has 0 fully saturated rings. The Kier molecular flexibility index (Phi) is 5.17. The van der Waals surface area contributed by atoms with E-state index in [-0.39, 0.29) is 16.2 Å². The van der Waals surface area contributed by atoms with Gasteiger partial charge in [0, 0.05) is 6.92 Å². The van der Waals surface area contributed by atoms with Crippen molar-refractivity contribution in [3.05, 3.63) is 77.5 Å². The van der Waals surface area contributed by atoms with Crippen LogP contribution < -0.4 is 4.72 Å². The second-order valence-corrected chi connectivity index (χ2v) is 9.11. The van der Waals surface area contributed by atoms with Gasteiger partial charge in [-0.3, -0.25) is 0 Å². The Balaban J connectivity index is 1.95. The molecule has 6 nitrogen and oxygen atoms in total. The number of sulfonamides is 1. The van der Waals surface area contributed by atoms with Crippen LogP contribution in [0.2, 0.25) is 0 Å². The molecule has 27 heavy (non-hydrogen) atoms. The van der Waals surface area contributed by atoms with Crippen LogP contribution >= 0.6 is 0 Å². The van der Waals surface area contributed by atoms with E-state index in [2.05, 4.69) is 35.7 Å². The average molecular weight is 385 g/mol. The first-order valence-electron chi connectivity index (χ1n) is 8.65. The summed E-state index contributed by atoms with van der Waals surface area (Å²) in [7, 11) is -3.79. The maximum Gasteiger partial charge on any atom is 0.241 e. The highest BCUT2D eigenvalue weighted by Crippen LogP contribution is 2.26. The van der Waals surface area contributed by atoms with Crippen molar-refractivity contribution in [2.75, 3.05) is 0 Å². The van der Waals surface area contributed by atoms with Gasteiger partial charge < -0.3 is 4.42 Å². The van der Waals surface area contributed by atoms with Crippen LogP contribution in [-0.2, 0) is 15.4 Å². The highest BCUT2D eigenvalue weighted by atomic mass is 32.2. The summed E-state index contributed by atoms with van der Waals surface area (Å²) in [6, 6.07) is 15.3. The van der Waals surface area contributed by atoms with Gasteiger partial charge in [0.25, 0.3) is 0 Å². The van der Waals surface area contributed by atoms with E-state index in [1.54, 1.807) is 19.1 Å². The maximum atomic E-state index is 13.0. The van der Waals surface area contributed by atoms with Gasteiger partial charge in [-0.25, -0.2) is 8.42 Å². The minimum absolute atomic E-state index is 0.0520. The van der Waals surface area contributed by atoms with Crippen LogP contribution in [0.15, 0.2) is 63.9 Å². The fourth-order valence-corrected chi connectivity index (χ4v) is 3.87. The summed E-state index contributed by atoms with van der Waals surface area (Å²) >= 11 is 0. The SMILES string of the molecule is Cc1nnc(C(NS(=O)(=O)c2ccc(C(C)(C)C)cc2)c2ccccc2)o1. The van der Waals surface area contributed by atoms with Gasteiger partial charge in [0.15, 0.2) is 0 Å². The highest BCUT2D eigenvalue weighted by molar-refractivity contribution is 7.89. The largest absolute Gasteiger partial charge is 0.423 e. The normalized spacial score (nSPS) is 13.5. The van der Waals surface area contributed by atoms with Gasteiger partial charge in [0.2, 0.25) is 21.8 Å². The molecule has 0 aliphatic carbocycles. The Hall–Kier alpha value is -2.51. The topological polar surface area (TPSA) is 85.1 Å². The van der Waals surface area contributed by atoms with Crippen molar-refractivity contribution in [1.82, 2.24) is 14.9 Å². The van der Waals surface area contributed by atoms with Crippen molar-refractivity contribution in [3.63, 3.8) is 0 Å². The molecule has 0 bridgehead atoms. The van der Waals surface area contributed by atoms with E-state index in [1.807, 2.05) is 42.5 Å². The van der Waals surface area contributed by atoms with Crippen molar-refractivity contribution in [2.45, 2.75) is 44.0 Å². The lowest BCUT2D eigenvalue weighted by molar-refractivity contribution is 0.436. The Morgan fingerprint density at radius 1 is 0.963 bits per heavy atom. The van der Waals surface area contributed by atoms with Gasteiger partial charge in [-0.05, 0) is 28.7 Å². The standard InChI is InChI=1S/C20H23N3O3S/c1-14-21-22-19(26-14)18(15-8-6-5-7-9-15)23-27(24,25)17-12-10-16(11-13-17)20(2,3)4/h5-13,18,23H,1-4H3. The molecule has 0 aliphatic rings. The van der Waals surface area contributed by atoms with Crippen LogP contribution in [0.3, 0.4) is 0 Å². The third kappa shape index (κ3) is 4.43. The van der Waals surface area contributed by atoms with Crippen LogP contribution in [0.1, 0.15) is 49.7 Å². The number of rotatable bonds is 5. The molecule has 0 aliphatic heterocycles. The predicted molar refractivity (Wildman–Crippen MR) is 103 cm³/mol. The third-order valence-corrected chi connectivity index (χ3v) is 5.66. The van der Waals surface area contributed by atoms with Crippen LogP contribution in [-0.4, -0.2) is 18.6 Å². The summed E-state index contributed by atoms with van der Waals surface area (Å²) in [5, 5.41) is 7.83. The predicted octanol–water partition coefficient (Wildman–Crippen LogP) is 3.74. The van der Waals surface area contributed by atoms with Crippen LogP contribution in [0.5, 0.6) is 0 Å². The summed E-state index contributed by atoms with van der Waals surface area (Å²) in [6.07, 6.45) is 0. The number of nitrogens with one attached hydrogen (secondary N) is 1. The minimum atomic E-state index is -3.79. The Morgan fingerprint density at radius 3 is 2.11 bits per heavy atom. The molecule has 0 radical (unpaired) electrons. The van der Waals surface area contributed by atoms with Gasteiger partial charge in [-0.2, -0.15) is 4.72 Å². The number of aryl methyl sites for hydroxylation is 1. The van der Waals surface area contributed by atoms with Crippen molar-refractivity contribution >= 4 is 10.0 Å². The minimum Gasteiger partial charge on any atom is -0.423 e. The van der Waals surface area contributed by atoms with Crippen LogP contribution in [0, 0.1) is 6.92 Å². The number of aromatic nitrogens is 2. The number of nitrogens with zero attached hydrogens (tertiary/aromatic N) is 2. The molecule has 3 rings (SSSR count). The lowest BCUT2D eigenvalue weighted by Crippen LogP contribution is -2.29. The molecular weight excluding hydrogens is 362 g/mol. The van der Waals surface area contributed by atoms with E-state index in [0.717, 1.165) is 11.1 Å². The molecule has 0 saturated heterocycles. The molecule has 3 aromatic rings. The van der Waals surface area contributed by atoms with Crippen molar-refractivity contribution in [3.8, 4) is 0 Å². The molecule has 142 valence electrons. The molecule has 1 N–H and O–H groups in total. The Labute approximate surface area is 159 Å². The monoisotopic (exact) mass is 385 g/mol. The first kappa shape index (κ1) is 19.3. The molecule has 0 spiro atoms. The second-order valence-electron chi connectivity index (χ2n) is 7.40. The first-order valence-corrected chi connectivity index (χ1v) is 10.1. The van der Waals surface area contributed by atoms with Gasteiger partial charge in [-0.15, -0.1) is 10.2 Å². The van der Waals surface area contributed by atoms with E-state index in [4.69, 9.17) is 4.42 Å².